The molecule has 0 saturated heterocycles. The molecule has 120 valence electrons. The Morgan fingerprint density at radius 2 is 1.67 bits per heavy atom. The third-order valence-corrected chi connectivity index (χ3v) is 3.89. The van der Waals surface area contributed by atoms with Gasteiger partial charge in [-0.15, -0.1) is 4.91 Å². The number of fused-ring (bicyclic) bond motifs is 2. The van der Waals surface area contributed by atoms with E-state index in [0.29, 0.717) is 0 Å². The maximum atomic E-state index is 12.6. The summed E-state index contributed by atoms with van der Waals surface area (Å²) in [5.74, 6) is -3.65. The molecular weight excluding hydrogens is 344 g/mol. The molecule has 24 heavy (non-hydrogen) atoms. The summed E-state index contributed by atoms with van der Waals surface area (Å²) in [7, 11) is 0. The van der Waals surface area contributed by atoms with E-state index in [1.54, 1.807) is 0 Å². The molecule has 0 atom stereocenters. The van der Waals surface area contributed by atoms with Crippen LogP contribution in [0.3, 0.4) is 0 Å². The Morgan fingerprint density at radius 3 is 2.25 bits per heavy atom. The molecule has 2 aromatic rings. The van der Waals surface area contributed by atoms with Gasteiger partial charge < -0.3 is 10.2 Å². The lowest BCUT2D eigenvalue weighted by molar-refractivity contribution is -0.385. The van der Waals surface area contributed by atoms with Crippen LogP contribution in [-0.4, -0.2) is 26.7 Å². The first-order valence-corrected chi connectivity index (χ1v) is 6.66. The number of ketones is 2. The summed E-state index contributed by atoms with van der Waals surface area (Å²) in [6, 6.07) is 2.70. The summed E-state index contributed by atoms with van der Waals surface area (Å²) >= 11 is 5.69. The minimum atomic E-state index is -1.10. The fourth-order valence-electron chi connectivity index (χ4n) is 2.59. The van der Waals surface area contributed by atoms with Crippen molar-refractivity contribution in [1.82, 2.24) is 0 Å². The molecule has 0 saturated carbocycles. The lowest BCUT2D eigenvalue weighted by atomic mass is 9.81. The van der Waals surface area contributed by atoms with E-state index in [1.807, 2.05) is 0 Å². The first-order valence-electron chi connectivity index (χ1n) is 6.28. The number of nitroso groups, excluding NO2 is 1. The van der Waals surface area contributed by atoms with Gasteiger partial charge in [0.2, 0.25) is 11.6 Å². The zero-order valence-corrected chi connectivity index (χ0v) is 12.2. The van der Waals surface area contributed by atoms with Crippen LogP contribution >= 0.6 is 11.6 Å². The highest BCUT2D eigenvalue weighted by Crippen LogP contribution is 2.45. The van der Waals surface area contributed by atoms with Crippen LogP contribution in [0.15, 0.2) is 23.4 Å². The second-order valence-electron chi connectivity index (χ2n) is 4.84. The van der Waals surface area contributed by atoms with Crippen molar-refractivity contribution >= 4 is 34.5 Å². The van der Waals surface area contributed by atoms with Crippen molar-refractivity contribution in [3.8, 4) is 11.5 Å². The molecule has 2 aromatic carbocycles. The minimum absolute atomic E-state index is 0.450. The molecule has 1 aliphatic rings. The van der Waals surface area contributed by atoms with Crippen LogP contribution in [0, 0.1) is 15.0 Å². The summed E-state index contributed by atoms with van der Waals surface area (Å²) in [4.78, 5) is 46.4. The van der Waals surface area contributed by atoms with Crippen molar-refractivity contribution in [2.24, 2.45) is 5.18 Å². The number of halogens is 1. The van der Waals surface area contributed by atoms with Crippen LogP contribution in [0.2, 0.25) is 5.02 Å². The number of carbonyl (C=O) groups is 2. The molecule has 0 aliphatic heterocycles. The predicted molar refractivity (Wildman–Crippen MR) is 80.2 cm³/mol. The van der Waals surface area contributed by atoms with E-state index >= 15 is 0 Å². The second-order valence-corrected chi connectivity index (χ2v) is 5.24. The molecule has 0 radical (unpaired) electrons. The van der Waals surface area contributed by atoms with Crippen LogP contribution in [0.1, 0.15) is 31.8 Å². The van der Waals surface area contributed by atoms with Gasteiger partial charge in [-0.05, 0) is 17.3 Å². The normalized spacial score (nSPS) is 12.5. The van der Waals surface area contributed by atoms with Gasteiger partial charge in [0.1, 0.15) is 22.7 Å². The van der Waals surface area contributed by atoms with Crippen molar-refractivity contribution < 1.29 is 24.7 Å². The number of phenols is 2. The largest absolute Gasteiger partial charge is 0.507 e. The van der Waals surface area contributed by atoms with Crippen molar-refractivity contribution in [1.29, 1.82) is 0 Å². The van der Waals surface area contributed by atoms with Gasteiger partial charge in [-0.3, -0.25) is 19.7 Å². The molecule has 10 heteroatoms. The molecule has 0 amide bonds. The lowest BCUT2D eigenvalue weighted by Gasteiger charge is -2.20. The second kappa shape index (κ2) is 5.10. The van der Waals surface area contributed by atoms with Crippen LogP contribution in [0.5, 0.6) is 11.5 Å². The fourth-order valence-corrected chi connectivity index (χ4v) is 2.79. The van der Waals surface area contributed by atoms with Crippen LogP contribution in [0.25, 0.3) is 0 Å². The number of hydrogen-bond donors (Lipinski definition) is 2. The van der Waals surface area contributed by atoms with Crippen molar-refractivity contribution in [3.05, 3.63) is 60.5 Å². The van der Waals surface area contributed by atoms with Gasteiger partial charge in [-0.1, -0.05) is 11.6 Å². The molecule has 0 fully saturated rings. The number of nitro benzene ring substituents is 1. The topological polar surface area (TPSA) is 147 Å². The van der Waals surface area contributed by atoms with Gasteiger partial charge in [-0.25, -0.2) is 0 Å². The Kier molecular flexibility index (Phi) is 3.31. The molecule has 3 rings (SSSR count). The van der Waals surface area contributed by atoms with Gasteiger partial charge in [0, 0.05) is 6.07 Å². The molecule has 0 bridgehead atoms. The SMILES string of the molecule is O=Nc1ccc(O)c2c1C(=O)c1c(O)c(Cl)cc([N+](=O)[O-])c1C2=O. The van der Waals surface area contributed by atoms with Gasteiger partial charge >= 0.3 is 0 Å². The lowest BCUT2D eigenvalue weighted by Crippen LogP contribution is -2.23. The smallest absolute Gasteiger partial charge is 0.283 e. The van der Waals surface area contributed by atoms with E-state index in [4.69, 9.17) is 11.6 Å². The number of benzene rings is 2. The molecule has 0 unspecified atom stereocenters. The zero-order valence-electron chi connectivity index (χ0n) is 11.4. The van der Waals surface area contributed by atoms with Gasteiger partial charge in [0.05, 0.1) is 26.6 Å². The average Bonchev–Trinajstić information content (AvgIpc) is 2.54. The maximum absolute atomic E-state index is 12.6. The molecule has 1 aliphatic carbocycles. The first kappa shape index (κ1) is 15.6. The zero-order chi connectivity index (χ0) is 17.8. The highest BCUT2D eigenvalue weighted by Gasteiger charge is 2.42. The Morgan fingerprint density at radius 1 is 1.04 bits per heavy atom. The third kappa shape index (κ3) is 1.88. The summed E-state index contributed by atoms with van der Waals surface area (Å²) in [5.41, 5.74) is -3.81. The number of rotatable bonds is 2. The minimum Gasteiger partial charge on any atom is -0.507 e. The quantitative estimate of drug-likeness (QED) is 0.411. The summed E-state index contributed by atoms with van der Waals surface area (Å²) in [6.45, 7) is 0. The number of phenolic OH excluding ortho intramolecular Hbond substituents is 2. The van der Waals surface area contributed by atoms with Crippen LogP contribution in [0.4, 0.5) is 11.4 Å². The summed E-state index contributed by atoms with van der Waals surface area (Å²) < 4.78 is 0. The molecular formula is C14H5ClN2O7. The highest BCUT2D eigenvalue weighted by atomic mass is 35.5. The monoisotopic (exact) mass is 348 g/mol. The third-order valence-electron chi connectivity index (χ3n) is 3.60. The van der Waals surface area contributed by atoms with Crippen molar-refractivity contribution in [2.45, 2.75) is 0 Å². The number of aromatic hydroxyl groups is 2. The molecule has 2 N–H and O–H groups in total. The van der Waals surface area contributed by atoms with E-state index < -0.39 is 66.6 Å². The van der Waals surface area contributed by atoms with Gasteiger partial charge in [-0.2, -0.15) is 0 Å². The molecule has 0 heterocycles. The van der Waals surface area contributed by atoms with Crippen LogP contribution < -0.4 is 0 Å². The predicted octanol–water partition coefficient (Wildman–Crippen LogP) is 2.83. The highest BCUT2D eigenvalue weighted by molar-refractivity contribution is 6.37. The number of hydrogen-bond acceptors (Lipinski definition) is 8. The Bertz CT molecular complexity index is 984. The number of carbonyl (C=O) groups excluding carboxylic acids is 2. The van der Waals surface area contributed by atoms with E-state index in [-0.39, 0.29) is 0 Å². The fraction of sp³-hybridized carbons (Fsp3) is 0. The van der Waals surface area contributed by atoms with Gasteiger partial charge in [0.25, 0.3) is 5.69 Å². The van der Waals surface area contributed by atoms with E-state index in [9.17, 15) is 34.8 Å². The molecule has 0 aromatic heterocycles. The van der Waals surface area contributed by atoms with Crippen molar-refractivity contribution in [2.75, 3.05) is 0 Å². The summed E-state index contributed by atoms with van der Waals surface area (Å²) in [6.07, 6.45) is 0. The van der Waals surface area contributed by atoms with Crippen LogP contribution in [-0.2, 0) is 0 Å². The van der Waals surface area contributed by atoms with Crippen molar-refractivity contribution in [3.63, 3.8) is 0 Å². The Hall–Kier alpha value is -3.33. The number of nitro groups is 1. The summed E-state index contributed by atoms with van der Waals surface area (Å²) in [5, 5.41) is 33.1. The molecule has 0 spiro atoms. The standard InChI is InChI=1S/C14H5ClN2O7/c15-4-3-6(17(23)24)9-11(12(4)19)13(20)8-5(16-22)1-2-7(18)10(8)14(9)21/h1-3,18-19H. The molecule has 9 nitrogen and oxygen atoms in total. The number of nitrogens with zero attached hydrogens (tertiary/aromatic N) is 2. The Labute approximate surface area is 137 Å². The average molecular weight is 349 g/mol. The van der Waals surface area contributed by atoms with E-state index in [0.717, 1.165) is 18.2 Å². The van der Waals surface area contributed by atoms with Gasteiger partial charge in [0.15, 0.2) is 0 Å². The van der Waals surface area contributed by atoms with E-state index in [1.165, 1.54) is 0 Å². The first-order chi connectivity index (χ1) is 11.3. The maximum Gasteiger partial charge on any atom is 0.283 e. The Balaban J connectivity index is 2.51. The van der Waals surface area contributed by atoms with E-state index in [2.05, 4.69) is 5.18 Å².